The second kappa shape index (κ2) is 13.7. The van der Waals surface area contributed by atoms with E-state index in [9.17, 15) is 0 Å². The zero-order valence-electron chi connectivity index (χ0n) is 27.2. The van der Waals surface area contributed by atoms with Crippen LogP contribution in [0.1, 0.15) is 0 Å². The molecule has 0 heterocycles. The lowest BCUT2D eigenvalue weighted by molar-refractivity contribution is 1.28. The van der Waals surface area contributed by atoms with Crippen LogP contribution in [0.2, 0.25) is 0 Å². The molecule has 0 aliphatic carbocycles. The molecule has 1 heteroatoms. The van der Waals surface area contributed by atoms with E-state index in [1.165, 1.54) is 55.6 Å². The van der Waals surface area contributed by atoms with Gasteiger partial charge in [0.1, 0.15) is 0 Å². The van der Waals surface area contributed by atoms with Crippen molar-refractivity contribution in [2.75, 3.05) is 4.90 Å². The van der Waals surface area contributed by atoms with Crippen molar-refractivity contribution in [3.63, 3.8) is 0 Å². The first-order chi connectivity index (χ1) is 24.3. The first kappa shape index (κ1) is 29.9. The van der Waals surface area contributed by atoms with Crippen LogP contribution in [-0.4, -0.2) is 0 Å². The minimum atomic E-state index is 1.10. The smallest absolute Gasteiger partial charge is 0.0546 e. The van der Waals surface area contributed by atoms with E-state index in [-0.39, 0.29) is 0 Å². The quantitative estimate of drug-likeness (QED) is 0.162. The summed E-state index contributed by atoms with van der Waals surface area (Å²) in [6.07, 6.45) is 0. The van der Waals surface area contributed by atoms with Gasteiger partial charge in [-0.2, -0.15) is 0 Å². The van der Waals surface area contributed by atoms with E-state index < -0.39 is 0 Å². The van der Waals surface area contributed by atoms with Gasteiger partial charge in [-0.05, 0) is 80.4 Å². The number of para-hydroxylation sites is 1. The standard InChI is InChI=1S/C48H35N/c1-5-16-36(17-6-1)37-28-30-38(31-29-37)39-32-34-43(35-33-39)49(42-22-11-4-12-23-42)47-27-15-26-45(41-20-9-3-10-21-41)48(47)46-25-14-13-24-44(46)40-18-7-2-8-19-40/h1-35H. The molecule has 8 aromatic carbocycles. The zero-order valence-corrected chi connectivity index (χ0v) is 27.2. The Kier molecular flexibility index (Phi) is 8.39. The maximum Gasteiger partial charge on any atom is 0.0546 e. The summed E-state index contributed by atoms with van der Waals surface area (Å²) in [6.45, 7) is 0. The van der Waals surface area contributed by atoms with Crippen LogP contribution in [0, 0.1) is 0 Å². The molecule has 0 aromatic heterocycles. The monoisotopic (exact) mass is 625 g/mol. The molecule has 0 atom stereocenters. The largest absolute Gasteiger partial charge is 0.310 e. The number of benzene rings is 8. The molecular weight excluding hydrogens is 591 g/mol. The molecule has 0 aliphatic heterocycles. The Hall–Kier alpha value is -6.44. The van der Waals surface area contributed by atoms with Gasteiger partial charge in [0.25, 0.3) is 0 Å². The third-order valence-corrected chi connectivity index (χ3v) is 9.11. The predicted octanol–water partition coefficient (Wildman–Crippen LogP) is 13.5. The fraction of sp³-hybridized carbons (Fsp3) is 0. The third-order valence-electron chi connectivity index (χ3n) is 9.11. The van der Waals surface area contributed by atoms with Gasteiger partial charge in [0.2, 0.25) is 0 Å². The van der Waals surface area contributed by atoms with Crippen LogP contribution in [-0.2, 0) is 0 Å². The van der Waals surface area contributed by atoms with Gasteiger partial charge in [-0.15, -0.1) is 0 Å². The Balaban J connectivity index is 1.28. The molecule has 0 aliphatic rings. The number of hydrogen-bond donors (Lipinski definition) is 0. The number of anilines is 3. The highest BCUT2D eigenvalue weighted by Crippen LogP contribution is 2.48. The first-order valence-corrected chi connectivity index (χ1v) is 16.8. The van der Waals surface area contributed by atoms with E-state index in [0.717, 1.165) is 17.1 Å². The van der Waals surface area contributed by atoms with Crippen molar-refractivity contribution in [2.24, 2.45) is 0 Å². The van der Waals surface area contributed by atoms with Gasteiger partial charge >= 0.3 is 0 Å². The van der Waals surface area contributed by atoms with E-state index in [1.54, 1.807) is 0 Å². The molecular formula is C48H35N. The summed E-state index contributed by atoms with van der Waals surface area (Å²) in [7, 11) is 0. The molecule has 0 unspecified atom stereocenters. The summed E-state index contributed by atoms with van der Waals surface area (Å²) in [5.74, 6) is 0. The van der Waals surface area contributed by atoms with Crippen LogP contribution in [0.4, 0.5) is 17.1 Å². The van der Waals surface area contributed by atoms with Crippen LogP contribution in [0.25, 0.3) is 55.6 Å². The minimum absolute atomic E-state index is 1.10. The van der Waals surface area contributed by atoms with Crippen LogP contribution in [0.15, 0.2) is 212 Å². The van der Waals surface area contributed by atoms with Crippen LogP contribution < -0.4 is 4.90 Å². The lowest BCUT2D eigenvalue weighted by Crippen LogP contribution is -2.12. The van der Waals surface area contributed by atoms with E-state index in [1.807, 2.05) is 0 Å². The van der Waals surface area contributed by atoms with Gasteiger partial charge in [-0.3, -0.25) is 0 Å². The highest BCUT2D eigenvalue weighted by Gasteiger charge is 2.22. The molecule has 8 aromatic rings. The van der Waals surface area contributed by atoms with Crippen molar-refractivity contribution in [1.29, 1.82) is 0 Å². The number of hydrogen-bond acceptors (Lipinski definition) is 1. The topological polar surface area (TPSA) is 3.24 Å². The normalized spacial score (nSPS) is 10.9. The molecule has 0 spiro atoms. The average Bonchev–Trinajstić information content (AvgIpc) is 3.20. The molecule has 0 amide bonds. The van der Waals surface area contributed by atoms with Gasteiger partial charge in [0.05, 0.1) is 5.69 Å². The summed E-state index contributed by atoms with van der Waals surface area (Å²) in [5, 5.41) is 0. The second-order valence-corrected chi connectivity index (χ2v) is 12.1. The summed E-state index contributed by atoms with van der Waals surface area (Å²) in [6, 6.07) is 76.0. The highest BCUT2D eigenvalue weighted by molar-refractivity contribution is 6.01. The minimum Gasteiger partial charge on any atom is -0.310 e. The van der Waals surface area contributed by atoms with Gasteiger partial charge < -0.3 is 4.90 Å². The average molecular weight is 626 g/mol. The Labute approximate surface area is 289 Å². The Morgan fingerprint density at radius 1 is 0.224 bits per heavy atom. The summed E-state index contributed by atoms with van der Waals surface area (Å²) >= 11 is 0. The molecule has 0 saturated carbocycles. The summed E-state index contributed by atoms with van der Waals surface area (Å²) in [4.78, 5) is 2.39. The first-order valence-electron chi connectivity index (χ1n) is 16.8. The van der Waals surface area contributed by atoms with Crippen molar-refractivity contribution < 1.29 is 0 Å². The summed E-state index contributed by atoms with van der Waals surface area (Å²) < 4.78 is 0. The maximum absolute atomic E-state index is 2.39. The van der Waals surface area contributed by atoms with E-state index in [4.69, 9.17) is 0 Å². The SMILES string of the molecule is c1ccc(-c2ccc(-c3ccc(N(c4ccccc4)c4cccc(-c5ccccc5)c4-c4ccccc4-c4ccccc4)cc3)cc2)cc1. The van der Waals surface area contributed by atoms with Gasteiger partial charge in [0.15, 0.2) is 0 Å². The van der Waals surface area contributed by atoms with Gasteiger partial charge in [0, 0.05) is 16.9 Å². The molecule has 0 saturated heterocycles. The molecule has 0 radical (unpaired) electrons. The Morgan fingerprint density at radius 3 is 1.14 bits per heavy atom. The van der Waals surface area contributed by atoms with Crippen LogP contribution in [0.3, 0.4) is 0 Å². The van der Waals surface area contributed by atoms with Crippen molar-refractivity contribution in [1.82, 2.24) is 0 Å². The molecule has 0 bridgehead atoms. The van der Waals surface area contributed by atoms with Crippen molar-refractivity contribution >= 4 is 17.1 Å². The van der Waals surface area contributed by atoms with Crippen molar-refractivity contribution in [3.05, 3.63) is 212 Å². The highest BCUT2D eigenvalue weighted by atomic mass is 15.1. The predicted molar refractivity (Wildman–Crippen MR) is 208 cm³/mol. The fourth-order valence-corrected chi connectivity index (χ4v) is 6.73. The summed E-state index contributed by atoms with van der Waals surface area (Å²) in [5.41, 5.74) is 15.3. The zero-order chi connectivity index (χ0) is 32.8. The fourth-order valence-electron chi connectivity index (χ4n) is 6.73. The van der Waals surface area contributed by atoms with Crippen molar-refractivity contribution in [3.8, 4) is 55.6 Å². The van der Waals surface area contributed by atoms with Crippen molar-refractivity contribution in [2.45, 2.75) is 0 Å². The van der Waals surface area contributed by atoms with E-state index >= 15 is 0 Å². The van der Waals surface area contributed by atoms with Crippen LogP contribution in [0.5, 0.6) is 0 Å². The van der Waals surface area contributed by atoms with E-state index in [0.29, 0.717) is 0 Å². The van der Waals surface area contributed by atoms with Crippen LogP contribution >= 0.6 is 0 Å². The molecule has 232 valence electrons. The molecule has 0 N–H and O–H groups in total. The Morgan fingerprint density at radius 2 is 0.592 bits per heavy atom. The molecule has 0 fully saturated rings. The third kappa shape index (κ3) is 6.18. The lowest BCUT2D eigenvalue weighted by atomic mass is 9.87. The Bertz CT molecular complexity index is 2280. The molecule has 1 nitrogen and oxygen atoms in total. The van der Waals surface area contributed by atoms with Gasteiger partial charge in [-0.25, -0.2) is 0 Å². The molecule has 8 rings (SSSR count). The maximum atomic E-state index is 2.39. The number of nitrogens with zero attached hydrogens (tertiary/aromatic N) is 1. The lowest BCUT2D eigenvalue weighted by Gasteiger charge is -2.30. The molecule has 49 heavy (non-hydrogen) atoms. The number of rotatable bonds is 8. The van der Waals surface area contributed by atoms with Gasteiger partial charge in [-0.1, -0.05) is 182 Å². The van der Waals surface area contributed by atoms with E-state index in [2.05, 4.69) is 217 Å². The second-order valence-electron chi connectivity index (χ2n) is 12.1.